The van der Waals surface area contributed by atoms with Gasteiger partial charge < -0.3 is 29.2 Å². The summed E-state index contributed by atoms with van der Waals surface area (Å²) in [5.74, 6) is -4.55. The molecule has 50 heavy (non-hydrogen) atoms. The average molecular weight is 719 g/mol. The quantitative estimate of drug-likeness (QED) is 0.129. The molecule has 0 aromatic carbocycles. The number of rotatable bonds is 21. The van der Waals surface area contributed by atoms with Crippen molar-refractivity contribution in [2.45, 2.75) is 105 Å². The third-order valence-corrected chi connectivity index (χ3v) is 6.01. The number of hydrogen-bond donors (Lipinski definition) is 2. The highest BCUT2D eigenvalue weighted by atomic mass is 16.6. The summed E-state index contributed by atoms with van der Waals surface area (Å²) >= 11 is 0. The number of esters is 4. The van der Waals surface area contributed by atoms with Crippen LogP contribution < -0.4 is 0 Å². The fourth-order valence-electron chi connectivity index (χ4n) is 4.42. The second kappa shape index (κ2) is 20.5. The molecule has 0 spiro atoms. The van der Waals surface area contributed by atoms with E-state index in [0.717, 1.165) is 0 Å². The molecule has 0 aliphatic carbocycles. The van der Waals surface area contributed by atoms with Crippen LogP contribution in [-0.4, -0.2) is 167 Å². The predicted octanol–water partition coefficient (Wildman–Crippen LogP) is 1.73. The van der Waals surface area contributed by atoms with Crippen LogP contribution in [0.5, 0.6) is 0 Å². The zero-order chi connectivity index (χ0) is 39.1. The number of carbonyl (C=O) groups is 6. The molecule has 0 amide bonds. The van der Waals surface area contributed by atoms with E-state index in [1.165, 1.54) is 9.80 Å². The minimum atomic E-state index is -1.15. The molecule has 16 heteroatoms. The highest BCUT2D eigenvalue weighted by Crippen LogP contribution is 2.11. The number of nitrogens with zero attached hydrogens (tertiary/aromatic N) is 4. The molecule has 0 saturated heterocycles. The average Bonchev–Trinajstić information content (AvgIpc) is 2.82. The lowest BCUT2D eigenvalue weighted by Gasteiger charge is -2.31. The van der Waals surface area contributed by atoms with Crippen LogP contribution in [0.3, 0.4) is 0 Å². The van der Waals surface area contributed by atoms with Gasteiger partial charge in [0.2, 0.25) is 0 Å². The standard InChI is InChI=1S/C34H62N4O12/c1-31(2,3)47-27(43)21-35(15-17-37(19-25(39)40)23-29(45)49-33(7,8)9)13-14-36(22-28(44)48-32(4,5)6)16-18-38(20-26(41)42)24-30(46)50-34(10,11)12/h13-24H2,1-12H3,(H,39,40)(H,41,42). The van der Waals surface area contributed by atoms with Gasteiger partial charge in [0.05, 0.1) is 39.3 Å². The molecule has 0 aromatic rings. The van der Waals surface area contributed by atoms with Gasteiger partial charge in [-0.1, -0.05) is 0 Å². The van der Waals surface area contributed by atoms with E-state index in [-0.39, 0.29) is 65.4 Å². The maximum absolute atomic E-state index is 12.9. The van der Waals surface area contributed by atoms with E-state index in [4.69, 9.17) is 18.9 Å². The molecule has 0 rings (SSSR count). The lowest BCUT2D eigenvalue weighted by Crippen LogP contribution is -2.48. The molecule has 0 fully saturated rings. The van der Waals surface area contributed by atoms with E-state index < -0.39 is 71.3 Å². The van der Waals surface area contributed by atoms with Crippen LogP contribution in [0, 0.1) is 0 Å². The van der Waals surface area contributed by atoms with Gasteiger partial charge >= 0.3 is 35.8 Å². The normalized spacial score (nSPS) is 12.7. The molecule has 0 aliphatic rings. The van der Waals surface area contributed by atoms with Crippen molar-refractivity contribution in [3.63, 3.8) is 0 Å². The number of ether oxygens (including phenoxy) is 4. The van der Waals surface area contributed by atoms with Gasteiger partial charge in [0.15, 0.2) is 0 Å². The van der Waals surface area contributed by atoms with Gasteiger partial charge in [0.1, 0.15) is 22.4 Å². The van der Waals surface area contributed by atoms with Gasteiger partial charge in [-0.2, -0.15) is 0 Å². The van der Waals surface area contributed by atoms with Crippen LogP contribution >= 0.6 is 0 Å². The van der Waals surface area contributed by atoms with Gasteiger partial charge in [-0.25, -0.2) is 0 Å². The van der Waals surface area contributed by atoms with E-state index in [1.54, 1.807) is 92.9 Å². The van der Waals surface area contributed by atoms with E-state index in [1.807, 2.05) is 0 Å². The molecule has 2 N–H and O–H groups in total. The second-order valence-electron chi connectivity index (χ2n) is 16.1. The van der Waals surface area contributed by atoms with Gasteiger partial charge in [-0.05, 0) is 83.1 Å². The first-order valence-corrected chi connectivity index (χ1v) is 16.7. The summed E-state index contributed by atoms with van der Waals surface area (Å²) in [5.41, 5.74) is -3.06. The Morgan fingerprint density at radius 3 is 0.720 bits per heavy atom. The third kappa shape index (κ3) is 27.5. The molecule has 16 nitrogen and oxygen atoms in total. The van der Waals surface area contributed by atoms with Crippen molar-refractivity contribution in [3.8, 4) is 0 Å². The first-order valence-electron chi connectivity index (χ1n) is 16.7. The molecule has 0 bridgehead atoms. The van der Waals surface area contributed by atoms with Gasteiger partial charge in [0, 0.05) is 39.3 Å². The Kier molecular flexibility index (Phi) is 19.1. The summed E-state index contributed by atoms with van der Waals surface area (Å²) in [6, 6.07) is 0. The summed E-state index contributed by atoms with van der Waals surface area (Å²) in [6.45, 7) is 19.7. The molecule has 0 aromatic heterocycles. The molecule has 0 heterocycles. The van der Waals surface area contributed by atoms with E-state index in [9.17, 15) is 39.0 Å². The summed E-state index contributed by atoms with van der Waals surface area (Å²) in [5, 5.41) is 19.0. The number of carboxylic acid groups (broad SMARTS) is 2. The first-order chi connectivity index (χ1) is 22.5. The Labute approximate surface area is 297 Å². The Hall–Kier alpha value is -3.34. The monoisotopic (exact) mass is 718 g/mol. The van der Waals surface area contributed by atoms with Crippen molar-refractivity contribution < 1.29 is 57.9 Å². The van der Waals surface area contributed by atoms with E-state index in [2.05, 4.69) is 0 Å². The minimum Gasteiger partial charge on any atom is -0.480 e. The number of hydrogen-bond acceptors (Lipinski definition) is 14. The highest BCUT2D eigenvalue weighted by Gasteiger charge is 2.26. The second-order valence-corrected chi connectivity index (χ2v) is 16.1. The van der Waals surface area contributed by atoms with Crippen LogP contribution in [0.2, 0.25) is 0 Å². The maximum atomic E-state index is 12.9. The summed E-state index contributed by atoms with van der Waals surface area (Å²) in [7, 11) is 0. The van der Waals surface area contributed by atoms with Gasteiger partial charge in [-0.15, -0.1) is 0 Å². The van der Waals surface area contributed by atoms with Crippen LogP contribution in [0.4, 0.5) is 0 Å². The minimum absolute atomic E-state index is 0.0860. The van der Waals surface area contributed by atoms with Crippen LogP contribution in [0.1, 0.15) is 83.1 Å². The summed E-state index contributed by atoms with van der Waals surface area (Å²) in [4.78, 5) is 80.2. The fourth-order valence-corrected chi connectivity index (χ4v) is 4.42. The lowest BCUT2D eigenvalue weighted by atomic mass is 10.2. The molecular weight excluding hydrogens is 656 g/mol. The largest absolute Gasteiger partial charge is 0.480 e. The maximum Gasteiger partial charge on any atom is 0.320 e. The molecule has 0 aliphatic heterocycles. The zero-order valence-electron chi connectivity index (χ0n) is 32.3. The van der Waals surface area contributed by atoms with E-state index >= 15 is 0 Å². The Morgan fingerprint density at radius 2 is 0.540 bits per heavy atom. The Morgan fingerprint density at radius 1 is 0.360 bits per heavy atom. The van der Waals surface area contributed by atoms with Crippen molar-refractivity contribution in [1.29, 1.82) is 0 Å². The van der Waals surface area contributed by atoms with Crippen molar-refractivity contribution in [2.24, 2.45) is 0 Å². The number of aliphatic carboxylic acids is 2. The topological polar surface area (TPSA) is 193 Å². The molecule has 0 saturated carbocycles. The van der Waals surface area contributed by atoms with Crippen LogP contribution in [0.15, 0.2) is 0 Å². The molecule has 290 valence electrons. The smallest absolute Gasteiger partial charge is 0.320 e. The fraction of sp³-hybridized carbons (Fsp3) is 0.824. The SMILES string of the molecule is CC(C)(C)OC(=O)CN(CCN(CCN(CC(=O)O)CC(=O)OC(C)(C)C)CC(=O)OC(C)(C)C)CCN(CC(=O)O)CC(=O)OC(C)(C)C. The van der Waals surface area contributed by atoms with Crippen LogP contribution in [-0.2, 0) is 47.7 Å². The lowest BCUT2D eigenvalue weighted by molar-refractivity contribution is -0.159. The van der Waals surface area contributed by atoms with E-state index in [0.29, 0.717) is 0 Å². The van der Waals surface area contributed by atoms with Gasteiger partial charge in [-0.3, -0.25) is 48.4 Å². The zero-order valence-corrected chi connectivity index (χ0v) is 32.3. The summed E-state index contributed by atoms with van der Waals surface area (Å²) in [6.07, 6.45) is 0. The highest BCUT2D eigenvalue weighted by molar-refractivity contribution is 5.75. The van der Waals surface area contributed by atoms with Crippen LogP contribution in [0.25, 0.3) is 0 Å². The van der Waals surface area contributed by atoms with Crippen molar-refractivity contribution >= 4 is 35.8 Å². The van der Waals surface area contributed by atoms with Gasteiger partial charge in [0.25, 0.3) is 0 Å². The Bertz CT molecular complexity index is 1050. The Balaban J connectivity index is 6.11. The molecular formula is C34H62N4O12. The molecule has 0 unspecified atom stereocenters. The molecule has 0 radical (unpaired) electrons. The molecule has 0 atom stereocenters. The van der Waals surface area contributed by atoms with Crippen molar-refractivity contribution in [3.05, 3.63) is 0 Å². The van der Waals surface area contributed by atoms with Crippen molar-refractivity contribution in [1.82, 2.24) is 19.6 Å². The number of carbonyl (C=O) groups excluding carboxylic acids is 4. The number of carboxylic acids is 2. The summed E-state index contributed by atoms with van der Waals surface area (Å²) < 4.78 is 21.8. The first kappa shape index (κ1) is 46.7. The predicted molar refractivity (Wildman–Crippen MR) is 184 cm³/mol. The van der Waals surface area contributed by atoms with Crippen molar-refractivity contribution in [2.75, 3.05) is 78.5 Å². The third-order valence-electron chi connectivity index (χ3n) is 6.01.